The van der Waals surface area contributed by atoms with Crippen molar-refractivity contribution in [1.82, 2.24) is 24.8 Å². The fraction of sp³-hybridized carbons (Fsp3) is 0.286. The van der Waals surface area contributed by atoms with E-state index in [1.807, 2.05) is 0 Å². The van der Waals surface area contributed by atoms with Crippen molar-refractivity contribution >= 4 is 11.7 Å². The number of hydrogen-bond acceptors (Lipinski definition) is 6. The third kappa shape index (κ3) is 4.79. The van der Waals surface area contributed by atoms with Crippen LogP contribution in [0.3, 0.4) is 0 Å². The van der Waals surface area contributed by atoms with E-state index in [1.165, 1.54) is 6.07 Å². The van der Waals surface area contributed by atoms with E-state index < -0.39 is 11.7 Å². The molecule has 1 aliphatic rings. The number of likely N-dealkylation sites (tertiary alicyclic amines) is 1. The minimum atomic E-state index is -4.43. The molecular weight excluding hydrogens is 409 g/mol. The summed E-state index contributed by atoms with van der Waals surface area (Å²) in [6.07, 6.45) is 2.63. The average molecular weight is 428 g/mol. The zero-order valence-corrected chi connectivity index (χ0v) is 16.4. The Morgan fingerprint density at radius 2 is 1.81 bits per heavy atom. The predicted molar refractivity (Wildman–Crippen MR) is 107 cm³/mol. The number of halogens is 3. The Kier molecular flexibility index (Phi) is 5.79. The molecule has 160 valence electrons. The number of piperidine rings is 1. The van der Waals surface area contributed by atoms with Crippen molar-refractivity contribution < 1.29 is 18.0 Å². The number of alkyl halides is 3. The number of hydrogen-bond donors (Lipinski definition) is 1. The molecule has 31 heavy (non-hydrogen) atoms. The van der Waals surface area contributed by atoms with Gasteiger partial charge < -0.3 is 10.2 Å². The second kappa shape index (κ2) is 8.66. The number of rotatable bonds is 4. The number of anilines is 1. The molecule has 1 aliphatic heterocycles. The van der Waals surface area contributed by atoms with Crippen LogP contribution in [0.4, 0.5) is 19.0 Å². The summed E-state index contributed by atoms with van der Waals surface area (Å²) in [7, 11) is 0. The van der Waals surface area contributed by atoms with E-state index in [9.17, 15) is 18.0 Å². The quantitative estimate of drug-likeness (QED) is 0.683. The lowest BCUT2D eigenvalue weighted by Crippen LogP contribution is -2.45. The lowest BCUT2D eigenvalue weighted by atomic mass is 10.0. The lowest BCUT2D eigenvalue weighted by Gasteiger charge is -2.33. The van der Waals surface area contributed by atoms with Crippen LogP contribution in [0.5, 0.6) is 0 Å². The van der Waals surface area contributed by atoms with E-state index in [-0.39, 0.29) is 17.6 Å². The van der Waals surface area contributed by atoms with Crippen LogP contribution in [-0.4, -0.2) is 49.9 Å². The number of amides is 1. The van der Waals surface area contributed by atoms with Gasteiger partial charge in [0.1, 0.15) is 11.5 Å². The van der Waals surface area contributed by atoms with Crippen LogP contribution in [0.15, 0.2) is 55.1 Å². The Morgan fingerprint density at radius 1 is 1.03 bits per heavy atom. The van der Waals surface area contributed by atoms with Crippen molar-refractivity contribution in [2.24, 2.45) is 0 Å². The Bertz CT molecular complexity index is 1040. The highest BCUT2D eigenvalue weighted by atomic mass is 19.4. The highest BCUT2D eigenvalue weighted by Gasteiger charge is 2.31. The monoisotopic (exact) mass is 428 g/mol. The summed E-state index contributed by atoms with van der Waals surface area (Å²) in [5, 5.41) is 3.12. The van der Waals surface area contributed by atoms with Gasteiger partial charge in [0, 0.05) is 43.9 Å². The average Bonchev–Trinajstić information content (AvgIpc) is 2.79. The zero-order valence-electron chi connectivity index (χ0n) is 16.4. The van der Waals surface area contributed by atoms with E-state index in [0.29, 0.717) is 30.3 Å². The highest BCUT2D eigenvalue weighted by Crippen LogP contribution is 2.29. The molecule has 3 aromatic rings. The van der Waals surface area contributed by atoms with Gasteiger partial charge in [-0.15, -0.1) is 0 Å². The minimum Gasteiger partial charge on any atom is -0.366 e. The van der Waals surface area contributed by atoms with Gasteiger partial charge in [0.25, 0.3) is 5.91 Å². The Morgan fingerprint density at radius 3 is 2.52 bits per heavy atom. The topological polar surface area (TPSA) is 83.9 Å². The van der Waals surface area contributed by atoms with E-state index in [2.05, 4.69) is 25.3 Å². The first-order valence-corrected chi connectivity index (χ1v) is 9.73. The standard InChI is InChI=1S/C21H19F3N6O/c22-21(23,24)14-6-7-17(28-12-14)29-15-4-2-11-30(13-15)20(31)18-16(5-1-8-25-18)19-26-9-3-10-27-19/h1,3,5-10,12,15H,2,4,11,13H2,(H,28,29). The summed E-state index contributed by atoms with van der Waals surface area (Å²) >= 11 is 0. The number of carbonyl (C=O) groups is 1. The van der Waals surface area contributed by atoms with E-state index in [4.69, 9.17) is 0 Å². The van der Waals surface area contributed by atoms with Crippen molar-refractivity contribution in [3.8, 4) is 11.4 Å². The molecule has 0 bridgehead atoms. The normalized spacial score (nSPS) is 16.7. The largest absolute Gasteiger partial charge is 0.417 e. The van der Waals surface area contributed by atoms with E-state index >= 15 is 0 Å². The molecule has 1 fully saturated rings. The fourth-order valence-electron chi connectivity index (χ4n) is 3.48. The van der Waals surface area contributed by atoms with Gasteiger partial charge >= 0.3 is 6.18 Å². The Hall–Kier alpha value is -3.56. The molecule has 3 aromatic heterocycles. The van der Waals surface area contributed by atoms with Crippen molar-refractivity contribution in [3.05, 3.63) is 66.4 Å². The molecule has 1 unspecified atom stereocenters. The number of carbonyl (C=O) groups excluding carboxylic acids is 1. The van der Waals surface area contributed by atoms with Gasteiger partial charge in [-0.1, -0.05) is 0 Å². The third-order valence-electron chi connectivity index (χ3n) is 4.97. The fourth-order valence-corrected chi connectivity index (χ4v) is 3.48. The van der Waals surface area contributed by atoms with Gasteiger partial charge in [0.05, 0.1) is 11.1 Å². The number of nitrogens with one attached hydrogen (secondary N) is 1. The van der Waals surface area contributed by atoms with E-state index in [0.717, 1.165) is 25.1 Å². The minimum absolute atomic E-state index is 0.137. The smallest absolute Gasteiger partial charge is 0.366 e. The van der Waals surface area contributed by atoms with Crippen molar-refractivity contribution in [1.29, 1.82) is 0 Å². The molecule has 1 atom stereocenters. The molecule has 4 rings (SSSR count). The maximum Gasteiger partial charge on any atom is 0.417 e. The van der Waals surface area contributed by atoms with Crippen molar-refractivity contribution in [2.75, 3.05) is 18.4 Å². The van der Waals surface area contributed by atoms with Crippen LogP contribution in [0.1, 0.15) is 28.9 Å². The number of pyridine rings is 2. The molecular formula is C21H19F3N6O. The summed E-state index contributed by atoms with van der Waals surface area (Å²) in [5.41, 5.74) is 0.0129. The van der Waals surface area contributed by atoms with Crippen molar-refractivity contribution in [3.63, 3.8) is 0 Å². The van der Waals surface area contributed by atoms with Gasteiger partial charge in [0.2, 0.25) is 0 Å². The van der Waals surface area contributed by atoms with Crippen LogP contribution in [0.2, 0.25) is 0 Å². The van der Waals surface area contributed by atoms with Crippen LogP contribution in [0.25, 0.3) is 11.4 Å². The maximum atomic E-state index is 13.2. The number of aromatic nitrogens is 4. The molecule has 0 aliphatic carbocycles. The molecule has 0 radical (unpaired) electrons. The predicted octanol–water partition coefficient (Wildman–Crippen LogP) is 3.67. The third-order valence-corrected chi connectivity index (χ3v) is 4.97. The van der Waals surface area contributed by atoms with Crippen molar-refractivity contribution in [2.45, 2.75) is 25.1 Å². The van der Waals surface area contributed by atoms with Crippen LogP contribution >= 0.6 is 0 Å². The SMILES string of the molecule is O=C(c1ncccc1-c1ncccn1)N1CCCC(Nc2ccc(C(F)(F)F)cn2)C1. The van der Waals surface area contributed by atoms with Crippen LogP contribution < -0.4 is 5.32 Å². The first-order chi connectivity index (χ1) is 14.9. The molecule has 0 aromatic carbocycles. The van der Waals surface area contributed by atoms with Gasteiger partial charge in [-0.3, -0.25) is 9.78 Å². The van der Waals surface area contributed by atoms with Gasteiger partial charge in [-0.05, 0) is 43.2 Å². The molecule has 10 heteroatoms. The zero-order chi connectivity index (χ0) is 21.8. The molecule has 7 nitrogen and oxygen atoms in total. The van der Waals surface area contributed by atoms with Gasteiger partial charge in [-0.25, -0.2) is 15.0 Å². The maximum absolute atomic E-state index is 13.2. The molecule has 1 N–H and O–H groups in total. The molecule has 0 saturated carbocycles. The summed E-state index contributed by atoms with van der Waals surface area (Å²) in [6.45, 7) is 0.941. The summed E-state index contributed by atoms with van der Waals surface area (Å²) in [5.74, 6) is 0.512. The summed E-state index contributed by atoms with van der Waals surface area (Å²) in [4.78, 5) is 31.4. The van der Waals surface area contributed by atoms with Gasteiger partial charge in [-0.2, -0.15) is 13.2 Å². The molecule has 1 amide bonds. The van der Waals surface area contributed by atoms with Crippen LogP contribution in [0, 0.1) is 0 Å². The van der Waals surface area contributed by atoms with E-state index in [1.54, 1.807) is 41.7 Å². The second-order valence-corrected chi connectivity index (χ2v) is 7.14. The molecule has 0 spiro atoms. The molecule has 4 heterocycles. The summed E-state index contributed by atoms with van der Waals surface area (Å²) < 4.78 is 38.1. The summed E-state index contributed by atoms with van der Waals surface area (Å²) in [6, 6.07) is 7.31. The highest BCUT2D eigenvalue weighted by molar-refractivity contribution is 5.98. The first-order valence-electron chi connectivity index (χ1n) is 9.73. The Balaban J connectivity index is 1.48. The first kappa shape index (κ1) is 20.7. The second-order valence-electron chi connectivity index (χ2n) is 7.14. The van der Waals surface area contributed by atoms with Crippen LogP contribution in [-0.2, 0) is 6.18 Å². The molecule has 1 saturated heterocycles. The van der Waals surface area contributed by atoms with Gasteiger partial charge in [0.15, 0.2) is 5.82 Å². The number of nitrogens with zero attached hydrogens (tertiary/aromatic N) is 5. The lowest BCUT2D eigenvalue weighted by molar-refractivity contribution is -0.137. The Labute approximate surface area is 176 Å².